The monoisotopic (exact) mass is 212 g/mol. The lowest BCUT2D eigenvalue weighted by atomic mass is 9.95. The van der Waals surface area contributed by atoms with Crippen LogP contribution in [0.1, 0.15) is 16.7 Å². The Morgan fingerprint density at radius 2 is 1.62 bits per heavy atom. The van der Waals surface area contributed by atoms with E-state index in [1.807, 2.05) is 25.1 Å². The molecule has 0 aliphatic rings. The fourth-order valence-corrected chi connectivity index (χ4v) is 1.91. The number of aryl methyl sites for hydroxylation is 2. The van der Waals surface area contributed by atoms with Crippen LogP contribution in [0.25, 0.3) is 11.1 Å². The molecule has 0 atom stereocenters. The van der Waals surface area contributed by atoms with Gasteiger partial charge in [0.05, 0.1) is 0 Å². The molecule has 0 bridgehead atoms. The molecule has 1 heteroatoms. The lowest BCUT2D eigenvalue weighted by Gasteiger charge is -2.11. The van der Waals surface area contributed by atoms with Gasteiger partial charge in [-0.2, -0.15) is 0 Å². The van der Waals surface area contributed by atoms with Gasteiger partial charge in [-0.1, -0.05) is 29.8 Å². The molecule has 0 aliphatic heterocycles. The normalized spacial score (nSPS) is 10.4. The quantitative estimate of drug-likeness (QED) is 0.758. The summed E-state index contributed by atoms with van der Waals surface area (Å²) < 4.78 is 0. The highest BCUT2D eigenvalue weighted by Crippen LogP contribution is 2.33. The van der Waals surface area contributed by atoms with Gasteiger partial charge in [-0.05, 0) is 49.6 Å². The first kappa shape index (κ1) is 10.7. The fraction of sp³-hybridized carbons (Fsp3) is 0.200. The fourth-order valence-electron chi connectivity index (χ4n) is 1.91. The van der Waals surface area contributed by atoms with Gasteiger partial charge in [-0.25, -0.2) is 0 Å². The van der Waals surface area contributed by atoms with Crippen LogP contribution in [0.2, 0.25) is 0 Å². The van der Waals surface area contributed by atoms with Crippen LogP contribution in [0, 0.1) is 20.8 Å². The lowest BCUT2D eigenvalue weighted by molar-refractivity contribution is 0.477. The van der Waals surface area contributed by atoms with Gasteiger partial charge in [-0.15, -0.1) is 0 Å². The van der Waals surface area contributed by atoms with E-state index in [0.29, 0.717) is 5.75 Å². The van der Waals surface area contributed by atoms with E-state index in [-0.39, 0.29) is 0 Å². The molecule has 16 heavy (non-hydrogen) atoms. The van der Waals surface area contributed by atoms with Crippen molar-refractivity contribution in [3.63, 3.8) is 0 Å². The summed E-state index contributed by atoms with van der Waals surface area (Å²) in [4.78, 5) is 0. The van der Waals surface area contributed by atoms with E-state index in [4.69, 9.17) is 0 Å². The highest BCUT2D eigenvalue weighted by Gasteiger charge is 2.08. The Morgan fingerprint density at radius 3 is 2.38 bits per heavy atom. The first-order valence-electron chi connectivity index (χ1n) is 5.46. The second-order valence-electron chi connectivity index (χ2n) is 4.27. The maximum Gasteiger partial charge on any atom is 0.123 e. The first-order chi connectivity index (χ1) is 7.59. The molecule has 0 amide bonds. The van der Waals surface area contributed by atoms with Gasteiger partial charge in [-0.3, -0.25) is 0 Å². The molecule has 2 aromatic carbocycles. The maximum atomic E-state index is 9.90. The van der Waals surface area contributed by atoms with Crippen molar-refractivity contribution in [2.75, 3.05) is 0 Å². The third-order valence-electron chi connectivity index (χ3n) is 3.05. The van der Waals surface area contributed by atoms with E-state index in [1.54, 1.807) is 6.07 Å². The second kappa shape index (κ2) is 4.01. The molecule has 0 spiro atoms. The molecule has 0 aliphatic carbocycles. The van der Waals surface area contributed by atoms with Crippen LogP contribution in [0.15, 0.2) is 36.4 Å². The van der Waals surface area contributed by atoms with E-state index in [9.17, 15) is 5.11 Å². The largest absolute Gasteiger partial charge is 0.507 e. The zero-order chi connectivity index (χ0) is 11.7. The average Bonchev–Trinajstić information content (AvgIpc) is 2.26. The van der Waals surface area contributed by atoms with E-state index in [2.05, 4.69) is 26.0 Å². The first-order valence-corrected chi connectivity index (χ1v) is 5.46. The van der Waals surface area contributed by atoms with Crippen molar-refractivity contribution in [3.8, 4) is 16.9 Å². The maximum absolute atomic E-state index is 9.90. The topological polar surface area (TPSA) is 20.2 Å². The van der Waals surface area contributed by atoms with Crippen LogP contribution in [0.5, 0.6) is 5.75 Å². The van der Waals surface area contributed by atoms with Crippen LogP contribution >= 0.6 is 0 Å². The summed E-state index contributed by atoms with van der Waals surface area (Å²) in [6.07, 6.45) is 0. The Hall–Kier alpha value is -1.76. The number of hydrogen-bond donors (Lipinski definition) is 1. The summed E-state index contributed by atoms with van der Waals surface area (Å²) in [5, 5.41) is 9.90. The predicted octanol–water partition coefficient (Wildman–Crippen LogP) is 3.98. The van der Waals surface area contributed by atoms with E-state index >= 15 is 0 Å². The Kier molecular flexibility index (Phi) is 2.69. The Balaban J connectivity index is 2.67. The molecule has 0 aromatic heterocycles. The van der Waals surface area contributed by atoms with Gasteiger partial charge >= 0.3 is 0 Å². The molecule has 0 saturated heterocycles. The molecule has 0 radical (unpaired) electrons. The molecule has 2 rings (SSSR count). The van der Waals surface area contributed by atoms with Crippen molar-refractivity contribution in [3.05, 3.63) is 53.1 Å². The van der Waals surface area contributed by atoms with Crippen molar-refractivity contribution >= 4 is 0 Å². The standard InChI is InChI=1S/C15H16O/c1-10-7-8-15(16)14(9-10)13-6-4-5-11(2)12(13)3/h4-9,16H,1-3H3. The van der Waals surface area contributed by atoms with Crippen molar-refractivity contribution < 1.29 is 5.11 Å². The van der Waals surface area contributed by atoms with Gasteiger partial charge in [0.1, 0.15) is 5.75 Å². The summed E-state index contributed by atoms with van der Waals surface area (Å²) in [7, 11) is 0. The molecule has 0 heterocycles. The summed E-state index contributed by atoms with van der Waals surface area (Å²) in [6.45, 7) is 6.21. The van der Waals surface area contributed by atoms with E-state index < -0.39 is 0 Å². The lowest BCUT2D eigenvalue weighted by Crippen LogP contribution is -1.88. The highest BCUT2D eigenvalue weighted by atomic mass is 16.3. The summed E-state index contributed by atoms with van der Waals surface area (Å²) in [6, 6.07) is 11.9. The molecule has 2 aromatic rings. The van der Waals surface area contributed by atoms with E-state index in [1.165, 1.54) is 11.1 Å². The molecule has 1 N–H and O–H groups in total. The van der Waals surface area contributed by atoms with Crippen molar-refractivity contribution in [2.24, 2.45) is 0 Å². The number of phenolic OH excluding ortho intramolecular Hbond substituents is 1. The Labute approximate surface area is 96.4 Å². The minimum absolute atomic E-state index is 0.347. The Morgan fingerprint density at radius 1 is 0.875 bits per heavy atom. The number of phenols is 1. The zero-order valence-electron chi connectivity index (χ0n) is 9.91. The van der Waals surface area contributed by atoms with Gasteiger partial charge in [0, 0.05) is 5.56 Å². The predicted molar refractivity (Wildman–Crippen MR) is 67.8 cm³/mol. The minimum Gasteiger partial charge on any atom is -0.507 e. The molecular formula is C15H16O. The van der Waals surface area contributed by atoms with E-state index in [0.717, 1.165) is 16.7 Å². The average molecular weight is 212 g/mol. The third-order valence-corrected chi connectivity index (χ3v) is 3.05. The van der Waals surface area contributed by atoms with Gasteiger partial charge < -0.3 is 5.11 Å². The van der Waals surface area contributed by atoms with Crippen molar-refractivity contribution in [1.82, 2.24) is 0 Å². The highest BCUT2D eigenvalue weighted by molar-refractivity contribution is 5.74. The van der Waals surface area contributed by atoms with Crippen molar-refractivity contribution in [2.45, 2.75) is 20.8 Å². The van der Waals surface area contributed by atoms with Crippen molar-refractivity contribution in [1.29, 1.82) is 0 Å². The van der Waals surface area contributed by atoms with Crippen LogP contribution in [-0.2, 0) is 0 Å². The number of hydrogen-bond acceptors (Lipinski definition) is 1. The van der Waals surface area contributed by atoms with Gasteiger partial charge in [0.25, 0.3) is 0 Å². The molecule has 0 unspecified atom stereocenters. The molecular weight excluding hydrogens is 196 g/mol. The number of rotatable bonds is 1. The van der Waals surface area contributed by atoms with Crippen LogP contribution < -0.4 is 0 Å². The molecule has 0 fully saturated rings. The zero-order valence-corrected chi connectivity index (χ0v) is 9.91. The molecule has 82 valence electrons. The Bertz CT molecular complexity index is 527. The van der Waals surface area contributed by atoms with Crippen LogP contribution in [0.4, 0.5) is 0 Å². The van der Waals surface area contributed by atoms with Crippen LogP contribution in [-0.4, -0.2) is 5.11 Å². The summed E-state index contributed by atoms with van der Waals surface area (Å²) in [5.41, 5.74) is 5.66. The summed E-state index contributed by atoms with van der Waals surface area (Å²) in [5.74, 6) is 0.347. The minimum atomic E-state index is 0.347. The molecule has 1 nitrogen and oxygen atoms in total. The van der Waals surface area contributed by atoms with Gasteiger partial charge in [0.15, 0.2) is 0 Å². The smallest absolute Gasteiger partial charge is 0.123 e. The third kappa shape index (κ3) is 1.81. The second-order valence-corrected chi connectivity index (χ2v) is 4.27. The SMILES string of the molecule is Cc1ccc(O)c(-c2cccc(C)c2C)c1. The molecule has 0 saturated carbocycles. The van der Waals surface area contributed by atoms with Gasteiger partial charge in [0.2, 0.25) is 0 Å². The summed E-state index contributed by atoms with van der Waals surface area (Å²) >= 11 is 0. The number of aromatic hydroxyl groups is 1. The number of benzene rings is 2. The van der Waals surface area contributed by atoms with Crippen LogP contribution in [0.3, 0.4) is 0 Å².